The van der Waals surface area contributed by atoms with Gasteiger partial charge in [-0.1, -0.05) is 0 Å². The van der Waals surface area contributed by atoms with Crippen LogP contribution in [-0.2, 0) is 4.74 Å². The van der Waals surface area contributed by atoms with E-state index in [1.165, 1.54) is 0 Å². The van der Waals surface area contributed by atoms with Gasteiger partial charge in [-0.25, -0.2) is 4.79 Å². The fourth-order valence-electron chi connectivity index (χ4n) is 2.42. The Morgan fingerprint density at radius 1 is 1.48 bits per heavy atom. The molecule has 0 aliphatic carbocycles. The molecule has 0 bridgehead atoms. The topological polar surface area (TPSA) is 58.6 Å². The molecule has 1 aromatic heterocycles. The van der Waals surface area contributed by atoms with E-state index >= 15 is 0 Å². The molecule has 1 fully saturated rings. The molecule has 1 aliphatic rings. The Morgan fingerprint density at radius 2 is 2.24 bits per heavy atom. The van der Waals surface area contributed by atoms with E-state index in [1.807, 2.05) is 32.9 Å². The molecule has 1 aromatic rings. The summed E-state index contributed by atoms with van der Waals surface area (Å²) in [5.74, 6) is 0.861. The lowest BCUT2D eigenvalue weighted by molar-refractivity contribution is 0.0209. The summed E-state index contributed by atoms with van der Waals surface area (Å²) >= 11 is 0. The smallest absolute Gasteiger partial charge is 0.410 e. The Balaban J connectivity index is 1.99. The highest BCUT2D eigenvalue weighted by molar-refractivity contribution is 5.68. The highest BCUT2D eigenvalue weighted by Crippen LogP contribution is 2.21. The molecule has 1 saturated heterocycles. The van der Waals surface area contributed by atoms with E-state index in [-0.39, 0.29) is 12.1 Å². The molecule has 0 spiro atoms. The molecule has 116 valence electrons. The van der Waals surface area contributed by atoms with Crippen molar-refractivity contribution < 1.29 is 9.53 Å². The number of carbonyl (C=O) groups is 1. The summed E-state index contributed by atoms with van der Waals surface area (Å²) in [5.41, 5.74) is -0.468. The van der Waals surface area contributed by atoms with E-state index in [9.17, 15) is 4.79 Å². The molecule has 0 unspecified atom stereocenters. The van der Waals surface area contributed by atoms with Crippen molar-refractivity contribution in [2.24, 2.45) is 0 Å². The molecular formula is C15H24N4O2. The van der Waals surface area contributed by atoms with Crippen LogP contribution in [-0.4, -0.2) is 53.0 Å². The fourth-order valence-corrected chi connectivity index (χ4v) is 2.42. The van der Waals surface area contributed by atoms with Gasteiger partial charge in [-0.2, -0.15) is 5.10 Å². The number of rotatable bonds is 2. The Morgan fingerprint density at radius 3 is 2.86 bits per heavy atom. The minimum atomic E-state index is -0.468. The van der Waals surface area contributed by atoms with Crippen LogP contribution in [0, 0.1) is 0 Å². The first-order valence-electron chi connectivity index (χ1n) is 7.35. The minimum absolute atomic E-state index is 0.135. The van der Waals surface area contributed by atoms with E-state index in [0.29, 0.717) is 0 Å². The second-order valence-corrected chi connectivity index (χ2v) is 6.42. The van der Waals surface area contributed by atoms with Gasteiger partial charge in [0.25, 0.3) is 0 Å². The predicted octanol–water partition coefficient (Wildman–Crippen LogP) is 2.31. The highest BCUT2D eigenvalue weighted by Gasteiger charge is 2.29. The van der Waals surface area contributed by atoms with Crippen LogP contribution in [0.4, 0.5) is 10.6 Å². The summed E-state index contributed by atoms with van der Waals surface area (Å²) in [6.45, 7) is 7.34. The number of nitrogens with zero attached hydrogens (tertiary/aromatic N) is 4. The minimum Gasteiger partial charge on any atom is -0.444 e. The third-order valence-corrected chi connectivity index (χ3v) is 3.51. The van der Waals surface area contributed by atoms with Crippen molar-refractivity contribution in [3.05, 3.63) is 18.3 Å². The van der Waals surface area contributed by atoms with E-state index < -0.39 is 5.60 Å². The quantitative estimate of drug-likeness (QED) is 0.837. The van der Waals surface area contributed by atoms with Crippen molar-refractivity contribution in [2.45, 2.75) is 45.3 Å². The van der Waals surface area contributed by atoms with Crippen LogP contribution in [0.15, 0.2) is 18.3 Å². The zero-order valence-corrected chi connectivity index (χ0v) is 13.2. The molecule has 1 atom stereocenters. The standard InChI is InChI=1S/C15H24N4O2/c1-15(2,3)21-14(20)18(4)12-7-6-10-19(11-12)13-8-5-9-16-17-13/h5,8-9,12H,6-7,10-11H2,1-4H3/t12-/m1/s1. The zero-order chi connectivity index (χ0) is 15.5. The molecule has 2 rings (SSSR count). The molecule has 1 amide bonds. The van der Waals surface area contributed by atoms with Crippen molar-refractivity contribution in [1.29, 1.82) is 0 Å². The van der Waals surface area contributed by atoms with Gasteiger partial charge in [-0.05, 0) is 45.7 Å². The van der Waals surface area contributed by atoms with E-state index in [4.69, 9.17) is 4.74 Å². The lowest BCUT2D eigenvalue weighted by Crippen LogP contribution is -2.50. The Labute approximate surface area is 126 Å². The number of anilines is 1. The number of piperidine rings is 1. The largest absolute Gasteiger partial charge is 0.444 e. The zero-order valence-electron chi connectivity index (χ0n) is 13.2. The van der Waals surface area contributed by atoms with Gasteiger partial charge in [-0.15, -0.1) is 5.10 Å². The van der Waals surface area contributed by atoms with Crippen LogP contribution in [0.25, 0.3) is 0 Å². The maximum absolute atomic E-state index is 12.2. The SMILES string of the molecule is CN(C(=O)OC(C)(C)C)[C@@H]1CCCN(c2cccnn2)C1. The van der Waals surface area contributed by atoms with E-state index in [0.717, 1.165) is 31.7 Å². The number of hydrogen-bond donors (Lipinski definition) is 0. The molecule has 6 nitrogen and oxygen atoms in total. The van der Waals surface area contributed by atoms with Gasteiger partial charge in [0.15, 0.2) is 5.82 Å². The van der Waals surface area contributed by atoms with Gasteiger partial charge in [0.1, 0.15) is 5.60 Å². The summed E-state index contributed by atoms with van der Waals surface area (Å²) in [5, 5.41) is 8.06. The second kappa shape index (κ2) is 6.28. The number of likely N-dealkylation sites (N-methyl/N-ethyl adjacent to an activating group) is 1. The van der Waals surface area contributed by atoms with Crippen LogP contribution in [0.3, 0.4) is 0 Å². The van der Waals surface area contributed by atoms with Gasteiger partial charge in [0.2, 0.25) is 0 Å². The summed E-state index contributed by atoms with van der Waals surface area (Å²) in [7, 11) is 1.80. The van der Waals surface area contributed by atoms with Gasteiger partial charge < -0.3 is 14.5 Å². The van der Waals surface area contributed by atoms with Crippen LogP contribution >= 0.6 is 0 Å². The lowest BCUT2D eigenvalue weighted by Gasteiger charge is -2.38. The molecule has 0 radical (unpaired) electrons. The predicted molar refractivity (Wildman–Crippen MR) is 81.3 cm³/mol. The highest BCUT2D eigenvalue weighted by atomic mass is 16.6. The maximum atomic E-state index is 12.2. The van der Waals surface area contributed by atoms with Crippen molar-refractivity contribution in [3.8, 4) is 0 Å². The second-order valence-electron chi connectivity index (χ2n) is 6.42. The lowest BCUT2D eigenvalue weighted by atomic mass is 10.0. The van der Waals surface area contributed by atoms with Gasteiger partial charge in [0, 0.05) is 26.3 Å². The Hall–Kier alpha value is -1.85. The third kappa shape index (κ3) is 4.31. The van der Waals surface area contributed by atoms with Crippen molar-refractivity contribution in [1.82, 2.24) is 15.1 Å². The van der Waals surface area contributed by atoms with Gasteiger partial charge >= 0.3 is 6.09 Å². The first kappa shape index (κ1) is 15.5. The summed E-state index contributed by atoms with van der Waals surface area (Å²) < 4.78 is 5.43. The van der Waals surface area contributed by atoms with Gasteiger partial charge in [0.05, 0.1) is 6.04 Å². The van der Waals surface area contributed by atoms with Crippen LogP contribution in [0.1, 0.15) is 33.6 Å². The molecule has 0 aromatic carbocycles. The molecular weight excluding hydrogens is 268 g/mol. The molecule has 2 heterocycles. The molecule has 0 N–H and O–H groups in total. The van der Waals surface area contributed by atoms with Crippen molar-refractivity contribution in [3.63, 3.8) is 0 Å². The molecule has 21 heavy (non-hydrogen) atoms. The Kier molecular flexibility index (Phi) is 4.65. The first-order valence-corrected chi connectivity index (χ1v) is 7.35. The number of amides is 1. The molecule has 6 heteroatoms. The normalized spacial score (nSPS) is 19.2. The van der Waals surface area contributed by atoms with Gasteiger partial charge in [-0.3, -0.25) is 0 Å². The van der Waals surface area contributed by atoms with Crippen LogP contribution < -0.4 is 4.90 Å². The fraction of sp³-hybridized carbons (Fsp3) is 0.667. The average Bonchev–Trinajstić information content (AvgIpc) is 2.46. The maximum Gasteiger partial charge on any atom is 0.410 e. The van der Waals surface area contributed by atoms with E-state index in [1.54, 1.807) is 18.1 Å². The number of hydrogen-bond acceptors (Lipinski definition) is 5. The first-order chi connectivity index (χ1) is 9.87. The number of carbonyl (C=O) groups excluding carboxylic acids is 1. The summed E-state index contributed by atoms with van der Waals surface area (Å²) in [6.07, 6.45) is 3.40. The van der Waals surface area contributed by atoms with Crippen LogP contribution in [0.5, 0.6) is 0 Å². The van der Waals surface area contributed by atoms with E-state index in [2.05, 4.69) is 15.1 Å². The molecule has 1 aliphatic heterocycles. The molecule has 0 saturated carbocycles. The third-order valence-electron chi connectivity index (χ3n) is 3.51. The average molecular weight is 292 g/mol. The monoisotopic (exact) mass is 292 g/mol. The summed E-state index contributed by atoms with van der Waals surface area (Å²) in [6, 6.07) is 3.96. The summed E-state index contributed by atoms with van der Waals surface area (Å²) in [4.78, 5) is 16.0. The number of ether oxygens (including phenoxy) is 1. The van der Waals surface area contributed by atoms with Crippen molar-refractivity contribution >= 4 is 11.9 Å². The number of aromatic nitrogens is 2. The Bertz CT molecular complexity index is 472. The van der Waals surface area contributed by atoms with Crippen molar-refractivity contribution in [2.75, 3.05) is 25.0 Å². The van der Waals surface area contributed by atoms with Crippen LogP contribution in [0.2, 0.25) is 0 Å².